The van der Waals surface area contributed by atoms with Crippen molar-refractivity contribution in [2.75, 3.05) is 28.4 Å². The van der Waals surface area contributed by atoms with Gasteiger partial charge in [0.25, 0.3) is 0 Å². The zero-order valence-corrected chi connectivity index (χ0v) is 67.2. The third-order valence-corrected chi connectivity index (χ3v) is 16.1. The van der Waals surface area contributed by atoms with Gasteiger partial charge in [0.2, 0.25) is 0 Å². The van der Waals surface area contributed by atoms with Crippen LogP contribution in [0.5, 0.6) is 0 Å². The first-order chi connectivity index (χ1) is 44.1. The Labute approximate surface area is 587 Å². The molecule has 0 amide bonds. The molecule has 4 aliphatic carbocycles. The molecule has 552 valence electrons. The van der Waals surface area contributed by atoms with Gasteiger partial charge < -0.3 is 24.4 Å². The largest absolute Gasteiger partial charge is 0.412 e. The SMILES string of the molecule is C.CC.CC.CC.CC.CC.CC.CC.CC1CCC(C)CC(C)CC(C)C1.CC1CCCCC(C)CC(C)C1.COC1CCC(OC)CC(C)C1.COC1CCCCC(OC)CC(C)C1.Cc1ccccc1.Cc1ccccc1.O.c1ccccc1.c1ccccc1. The molecule has 0 heterocycles. The standard InChI is InChI=1S/C13H26.C12H24O2.C12H24.C10H20O2.2C7H8.2C6H6.7C2H6.CH4.H2O/c1-10-5-6-11(2)8-13(4)9-12(3)7-10;1-10-8-11(13-2)6-4-5-7-12(9-10)14-3;1-10-6-4-5-7-11(2)9-12(3)8-10;1-8-6-9(11-2)4-5-10(7-8)12-3;2*1-7-5-3-2-4-6-7;2*1-2-4-6-5-3-1;7*1-2;;/h10-13H,5-9H2,1-4H3;10-12H,4-9H2,1-3H3;10-12H,4-9H2,1-3H3;8-10H,4-7H2,1-3H3;2*2-6H,1H3;2*1-6H;7*1-2H3;1H4;1H2. The Morgan fingerprint density at radius 1 is 0.226 bits per heavy atom. The minimum Gasteiger partial charge on any atom is -0.412 e. The van der Waals surface area contributed by atoms with Crippen LogP contribution in [0.1, 0.15) is 313 Å². The zero-order chi connectivity index (χ0) is 70.9. The monoisotopic (exact) mass is 1310 g/mol. The van der Waals surface area contributed by atoms with Gasteiger partial charge in [0.1, 0.15) is 0 Å². The Bertz CT molecular complexity index is 1610. The molecule has 10 atom stereocenters. The molecule has 4 fully saturated rings. The van der Waals surface area contributed by atoms with Crippen molar-refractivity contribution < 1.29 is 24.4 Å². The molecule has 4 aromatic rings. The molecule has 5 nitrogen and oxygen atoms in total. The van der Waals surface area contributed by atoms with Crippen LogP contribution < -0.4 is 0 Å². The van der Waals surface area contributed by atoms with Crippen LogP contribution in [0.4, 0.5) is 0 Å². The number of rotatable bonds is 4. The molecule has 5 heteroatoms. The van der Waals surface area contributed by atoms with E-state index in [2.05, 4.69) is 100 Å². The lowest BCUT2D eigenvalue weighted by Gasteiger charge is -2.20. The lowest BCUT2D eigenvalue weighted by atomic mass is 9.88. The van der Waals surface area contributed by atoms with E-state index in [9.17, 15) is 0 Å². The first-order valence-corrected chi connectivity index (χ1v) is 38.2. The molecule has 2 N–H and O–H groups in total. The highest BCUT2D eigenvalue weighted by Crippen LogP contribution is 2.32. The van der Waals surface area contributed by atoms with Gasteiger partial charge in [-0.1, -0.05) is 363 Å². The number of benzene rings is 4. The molecule has 0 aliphatic heterocycles. The van der Waals surface area contributed by atoms with E-state index in [0.29, 0.717) is 24.4 Å². The van der Waals surface area contributed by atoms with E-state index in [1.165, 1.54) is 133 Å². The first kappa shape index (κ1) is 108. The Hall–Kier alpha value is -3.32. The fraction of sp³-hybridized carbons (Fsp3) is 0.727. The molecule has 8 rings (SSSR count). The van der Waals surface area contributed by atoms with Crippen molar-refractivity contribution in [2.24, 2.45) is 53.3 Å². The van der Waals surface area contributed by atoms with Crippen LogP contribution in [-0.2, 0) is 18.9 Å². The summed E-state index contributed by atoms with van der Waals surface area (Å²) in [5.74, 6) is 8.21. The number of ether oxygens (including phenoxy) is 4. The summed E-state index contributed by atoms with van der Waals surface area (Å²) >= 11 is 0. The number of aryl methyl sites for hydroxylation is 2. The van der Waals surface area contributed by atoms with Gasteiger partial charge in [-0.3, -0.25) is 0 Å². The van der Waals surface area contributed by atoms with Crippen LogP contribution in [-0.4, -0.2) is 58.3 Å². The highest BCUT2D eigenvalue weighted by molar-refractivity contribution is 5.12. The number of hydrogen-bond donors (Lipinski definition) is 0. The fourth-order valence-corrected chi connectivity index (χ4v) is 12.0. The number of hydrogen-bond acceptors (Lipinski definition) is 4. The lowest BCUT2D eigenvalue weighted by Crippen LogP contribution is -2.18. The minimum atomic E-state index is 0. The molecule has 0 aromatic heterocycles. The van der Waals surface area contributed by atoms with Crippen LogP contribution in [0.15, 0.2) is 133 Å². The summed E-state index contributed by atoms with van der Waals surface area (Å²) in [7, 11) is 7.29. The molecule has 4 aromatic carbocycles. The van der Waals surface area contributed by atoms with Gasteiger partial charge in [0, 0.05) is 28.4 Å². The average molecular weight is 1310 g/mol. The van der Waals surface area contributed by atoms with E-state index >= 15 is 0 Å². The lowest BCUT2D eigenvalue weighted by molar-refractivity contribution is 0.0556. The van der Waals surface area contributed by atoms with Gasteiger partial charge in [-0.2, -0.15) is 0 Å². The molecule has 0 bridgehead atoms. The van der Waals surface area contributed by atoms with Crippen molar-refractivity contribution in [1.82, 2.24) is 0 Å². The maximum Gasteiger partial charge on any atom is 0.0574 e. The minimum absolute atomic E-state index is 0. The normalized spacial score (nSPS) is 24.2. The molecule has 0 radical (unpaired) electrons. The van der Waals surface area contributed by atoms with Crippen molar-refractivity contribution in [3.8, 4) is 0 Å². The van der Waals surface area contributed by atoms with Gasteiger partial charge >= 0.3 is 0 Å². The van der Waals surface area contributed by atoms with Crippen LogP contribution in [0.3, 0.4) is 0 Å². The Balaban J connectivity index is -0.000000122. The van der Waals surface area contributed by atoms with Gasteiger partial charge in [0.15, 0.2) is 0 Å². The Morgan fingerprint density at radius 2 is 0.387 bits per heavy atom. The summed E-state index contributed by atoms with van der Waals surface area (Å²) in [5.41, 5.74) is 2.64. The summed E-state index contributed by atoms with van der Waals surface area (Å²) in [6.07, 6.45) is 30.0. The van der Waals surface area contributed by atoms with Crippen molar-refractivity contribution in [3.05, 3.63) is 145 Å². The summed E-state index contributed by atoms with van der Waals surface area (Å²) in [4.78, 5) is 0. The van der Waals surface area contributed by atoms with Gasteiger partial charge in [-0.15, -0.1) is 0 Å². The van der Waals surface area contributed by atoms with Gasteiger partial charge in [-0.25, -0.2) is 0 Å². The summed E-state index contributed by atoms with van der Waals surface area (Å²) in [5, 5.41) is 0. The van der Waals surface area contributed by atoms with E-state index in [4.69, 9.17) is 18.9 Å². The number of methoxy groups -OCH3 is 4. The molecule has 4 aliphatic rings. The zero-order valence-electron chi connectivity index (χ0n) is 67.2. The van der Waals surface area contributed by atoms with Crippen molar-refractivity contribution in [2.45, 2.75) is 340 Å². The predicted octanol–water partition coefficient (Wildman–Crippen LogP) is 28.3. The van der Waals surface area contributed by atoms with Crippen molar-refractivity contribution in [1.29, 1.82) is 0 Å². The molecule has 0 saturated heterocycles. The summed E-state index contributed by atoms with van der Waals surface area (Å²) < 4.78 is 21.7. The molecule has 93 heavy (non-hydrogen) atoms. The quantitative estimate of drug-likeness (QED) is 0.191. The van der Waals surface area contributed by atoms with E-state index < -0.39 is 0 Å². The molecular weight excluding hydrogens is 1140 g/mol. The molecule has 4 saturated carbocycles. The van der Waals surface area contributed by atoms with Crippen molar-refractivity contribution in [3.63, 3.8) is 0 Å². The van der Waals surface area contributed by atoms with Crippen LogP contribution in [0.2, 0.25) is 0 Å². The maximum atomic E-state index is 5.48. The van der Waals surface area contributed by atoms with E-state index in [1.807, 2.05) is 235 Å². The second kappa shape index (κ2) is 86.7. The smallest absolute Gasteiger partial charge is 0.0574 e. The van der Waals surface area contributed by atoms with Crippen molar-refractivity contribution >= 4 is 0 Å². The van der Waals surface area contributed by atoms with E-state index in [-0.39, 0.29) is 12.9 Å². The van der Waals surface area contributed by atoms with Crippen LogP contribution >= 0.6 is 0 Å². The average Bonchev–Trinajstić information content (AvgIpc) is 2.60. The highest BCUT2D eigenvalue weighted by atomic mass is 16.5. The Morgan fingerprint density at radius 3 is 0.581 bits per heavy atom. The summed E-state index contributed by atoms with van der Waals surface area (Å²) in [6, 6.07) is 44.5. The van der Waals surface area contributed by atoms with E-state index in [1.54, 1.807) is 0 Å². The first-order valence-electron chi connectivity index (χ1n) is 38.2. The maximum absolute atomic E-state index is 5.48. The van der Waals surface area contributed by atoms with E-state index in [0.717, 1.165) is 66.1 Å². The van der Waals surface area contributed by atoms with Gasteiger partial charge in [0.05, 0.1) is 24.4 Å². The topological polar surface area (TPSA) is 68.4 Å². The molecule has 0 spiro atoms. The third kappa shape index (κ3) is 77.6. The molecule has 10 unspecified atom stereocenters. The fourth-order valence-electron chi connectivity index (χ4n) is 12.0. The molecular formula is C88H170O5. The second-order valence-corrected chi connectivity index (χ2v) is 24.8. The second-order valence-electron chi connectivity index (χ2n) is 24.8. The highest BCUT2D eigenvalue weighted by Gasteiger charge is 2.23. The predicted molar refractivity (Wildman–Crippen MR) is 428 cm³/mol. The third-order valence-electron chi connectivity index (χ3n) is 16.1. The van der Waals surface area contributed by atoms with Gasteiger partial charge in [-0.05, 0) is 151 Å². The Kier molecular flexibility index (Phi) is 101. The summed E-state index contributed by atoms with van der Waals surface area (Å²) in [6.45, 7) is 53.8. The van der Waals surface area contributed by atoms with Crippen LogP contribution in [0.25, 0.3) is 0 Å². The van der Waals surface area contributed by atoms with Crippen LogP contribution in [0, 0.1) is 67.1 Å².